The molecule has 1 aromatic carbocycles. The van der Waals surface area contributed by atoms with Gasteiger partial charge in [-0.1, -0.05) is 43.7 Å². The minimum absolute atomic E-state index is 0.473. The van der Waals surface area contributed by atoms with E-state index >= 15 is 0 Å². The molecular weight excluding hydrogens is 256 g/mol. The van der Waals surface area contributed by atoms with Crippen LogP contribution in [0.4, 0.5) is 0 Å². The molecule has 0 radical (unpaired) electrons. The maximum atomic E-state index is 3.47. The van der Waals surface area contributed by atoms with E-state index in [0.29, 0.717) is 6.04 Å². The fourth-order valence-electron chi connectivity index (χ4n) is 3.67. The van der Waals surface area contributed by atoms with E-state index in [2.05, 4.69) is 61.6 Å². The highest BCUT2D eigenvalue weighted by atomic mass is 15.1. The predicted octanol–water partition coefficient (Wildman–Crippen LogP) is 4.24. The summed E-state index contributed by atoms with van der Waals surface area (Å²) >= 11 is 0. The molecular formula is C19H32N2. The van der Waals surface area contributed by atoms with Crippen molar-refractivity contribution in [2.75, 3.05) is 20.6 Å². The van der Waals surface area contributed by atoms with Crippen LogP contribution in [0, 0.1) is 5.92 Å². The van der Waals surface area contributed by atoms with E-state index in [1.54, 1.807) is 0 Å². The molecule has 0 aliphatic heterocycles. The maximum Gasteiger partial charge on any atom is 0.0329 e. The summed E-state index contributed by atoms with van der Waals surface area (Å²) in [4.78, 5) is 2.60. The zero-order chi connectivity index (χ0) is 15.1. The minimum atomic E-state index is 0.473. The van der Waals surface area contributed by atoms with Gasteiger partial charge in [-0.15, -0.1) is 0 Å². The van der Waals surface area contributed by atoms with E-state index < -0.39 is 0 Å². The second-order valence-electron chi connectivity index (χ2n) is 6.60. The molecule has 1 unspecified atom stereocenters. The maximum absolute atomic E-state index is 3.47. The molecule has 0 amide bonds. The first-order chi connectivity index (χ1) is 10.2. The van der Waals surface area contributed by atoms with Gasteiger partial charge in [0.25, 0.3) is 0 Å². The zero-order valence-electron chi connectivity index (χ0n) is 14.0. The Morgan fingerprint density at radius 2 is 1.81 bits per heavy atom. The van der Waals surface area contributed by atoms with E-state index in [1.807, 2.05) is 0 Å². The van der Waals surface area contributed by atoms with Crippen molar-refractivity contribution in [2.45, 2.75) is 57.5 Å². The number of nitrogens with zero attached hydrogens (tertiary/aromatic N) is 1. The second-order valence-corrected chi connectivity index (χ2v) is 6.60. The third kappa shape index (κ3) is 4.82. The van der Waals surface area contributed by atoms with Crippen LogP contribution in [-0.4, -0.2) is 31.6 Å². The van der Waals surface area contributed by atoms with Crippen LogP contribution >= 0.6 is 0 Å². The Hall–Kier alpha value is -0.860. The van der Waals surface area contributed by atoms with Crippen LogP contribution in [0.3, 0.4) is 0 Å². The molecule has 0 bridgehead atoms. The van der Waals surface area contributed by atoms with Crippen molar-refractivity contribution in [3.05, 3.63) is 35.9 Å². The van der Waals surface area contributed by atoms with Gasteiger partial charge < -0.3 is 10.2 Å². The second kappa shape index (κ2) is 8.55. The van der Waals surface area contributed by atoms with Gasteiger partial charge in [0.1, 0.15) is 0 Å². The van der Waals surface area contributed by atoms with Gasteiger partial charge in [-0.2, -0.15) is 0 Å². The van der Waals surface area contributed by atoms with E-state index in [-0.39, 0.29) is 0 Å². The van der Waals surface area contributed by atoms with Crippen LogP contribution in [0.2, 0.25) is 0 Å². The number of hydrogen-bond acceptors (Lipinski definition) is 2. The highest BCUT2D eigenvalue weighted by molar-refractivity contribution is 5.18. The molecule has 118 valence electrons. The van der Waals surface area contributed by atoms with Gasteiger partial charge in [-0.05, 0) is 64.2 Å². The van der Waals surface area contributed by atoms with Gasteiger partial charge in [0, 0.05) is 12.1 Å². The van der Waals surface area contributed by atoms with E-state index in [4.69, 9.17) is 0 Å². The lowest BCUT2D eigenvalue weighted by molar-refractivity contribution is 0.158. The van der Waals surface area contributed by atoms with Crippen molar-refractivity contribution in [2.24, 2.45) is 5.92 Å². The highest BCUT2D eigenvalue weighted by Crippen LogP contribution is 2.29. The molecule has 2 nitrogen and oxygen atoms in total. The summed E-state index contributed by atoms with van der Waals surface area (Å²) < 4.78 is 0. The molecule has 0 heterocycles. The van der Waals surface area contributed by atoms with E-state index in [0.717, 1.165) is 12.0 Å². The summed E-state index contributed by atoms with van der Waals surface area (Å²) in [6.45, 7) is 3.52. The summed E-state index contributed by atoms with van der Waals surface area (Å²) in [7, 11) is 4.39. The standard InChI is InChI=1S/C19H32N2/c1-4-16-10-12-18(13-11-16)21(3)15-14-19(20-2)17-8-6-5-7-9-17/h5-9,16,18-20H,4,10-15H2,1-3H3. The molecule has 0 saturated heterocycles. The van der Waals surface area contributed by atoms with Crippen LogP contribution in [0.15, 0.2) is 30.3 Å². The Balaban J connectivity index is 1.79. The number of hydrogen-bond donors (Lipinski definition) is 1. The van der Waals surface area contributed by atoms with E-state index in [9.17, 15) is 0 Å². The molecule has 2 heteroatoms. The Morgan fingerprint density at radius 1 is 1.14 bits per heavy atom. The molecule has 1 aliphatic carbocycles. The first-order valence-electron chi connectivity index (χ1n) is 8.67. The first kappa shape index (κ1) is 16.5. The Morgan fingerprint density at radius 3 is 2.38 bits per heavy atom. The average molecular weight is 288 g/mol. The molecule has 21 heavy (non-hydrogen) atoms. The molecule has 0 spiro atoms. The molecule has 1 N–H and O–H groups in total. The third-order valence-corrected chi connectivity index (χ3v) is 5.34. The number of rotatable bonds is 7. The van der Waals surface area contributed by atoms with Crippen molar-refractivity contribution in [1.82, 2.24) is 10.2 Å². The van der Waals surface area contributed by atoms with Crippen molar-refractivity contribution in [3.8, 4) is 0 Å². The fraction of sp³-hybridized carbons (Fsp3) is 0.684. The molecule has 1 fully saturated rings. The van der Waals surface area contributed by atoms with Crippen LogP contribution in [0.25, 0.3) is 0 Å². The Bertz CT molecular complexity index is 382. The van der Waals surface area contributed by atoms with Crippen molar-refractivity contribution >= 4 is 0 Å². The summed E-state index contributed by atoms with van der Waals surface area (Å²) in [6.07, 6.45) is 8.20. The summed E-state index contributed by atoms with van der Waals surface area (Å²) in [6, 6.07) is 12.1. The van der Waals surface area contributed by atoms with Crippen molar-refractivity contribution in [1.29, 1.82) is 0 Å². The third-order valence-electron chi connectivity index (χ3n) is 5.34. The van der Waals surface area contributed by atoms with Gasteiger partial charge in [-0.3, -0.25) is 0 Å². The minimum Gasteiger partial charge on any atom is -0.313 e. The lowest BCUT2D eigenvalue weighted by Crippen LogP contribution is -2.37. The first-order valence-corrected chi connectivity index (χ1v) is 8.67. The lowest BCUT2D eigenvalue weighted by Gasteiger charge is -2.35. The molecule has 2 rings (SSSR count). The van der Waals surface area contributed by atoms with Gasteiger partial charge in [0.2, 0.25) is 0 Å². The molecule has 1 aromatic rings. The average Bonchev–Trinajstić information content (AvgIpc) is 2.56. The van der Waals surface area contributed by atoms with Crippen LogP contribution in [0.1, 0.15) is 57.1 Å². The van der Waals surface area contributed by atoms with Crippen LogP contribution < -0.4 is 5.32 Å². The lowest BCUT2D eigenvalue weighted by atomic mass is 9.84. The molecule has 1 saturated carbocycles. The molecule has 0 aromatic heterocycles. The quantitative estimate of drug-likeness (QED) is 0.807. The van der Waals surface area contributed by atoms with Crippen LogP contribution in [-0.2, 0) is 0 Å². The normalized spacial score (nSPS) is 24.2. The number of benzene rings is 1. The van der Waals surface area contributed by atoms with Crippen molar-refractivity contribution < 1.29 is 0 Å². The van der Waals surface area contributed by atoms with Crippen LogP contribution in [0.5, 0.6) is 0 Å². The van der Waals surface area contributed by atoms with E-state index in [1.165, 1.54) is 50.6 Å². The summed E-state index contributed by atoms with van der Waals surface area (Å²) in [5.74, 6) is 0.990. The van der Waals surface area contributed by atoms with Gasteiger partial charge in [0.05, 0.1) is 0 Å². The van der Waals surface area contributed by atoms with Gasteiger partial charge >= 0.3 is 0 Å². The van der Waals surface area contributed by atoms with Gasteiger partial charge in [0.15, 0.2) is 0 Å². The topological polar surface area (TPSA) is 15.3 Å². The SMILES string of the molecule is CCC1CCC(N(C)CCC(NC)c2ccccc2)CC1. The largest absolute Gasteiger partial charge is 0.313 e. The highest BCUT2D eigenvalue weighted by Gasteiger charge is 2.23. The van der Waals surface area contributed by atoms with Crippen molar-refractivity contribution in [3.63, 3.8) is 0 Å². The Labute approximate surface area is 130 Å². The number of nitrogens with one attached hydrogen (secondary N) is 1. The summed E-state index contributed by atoms with van der Waals surface area (Å²) in [5, 5.41) is 3.47. The fourth-order valence-corrected chi connectivity index (χ4v) is 3.67. The zero-order valence-corrected chi connectivity index (χ0v) is 14.0. The molecule has 1 atom stereocenters. The summed E-state index contributed by atoms with van der Waals surface area (Å²) in [5.41, 5.74) is 1.41. The predicted molar refractivity (Wildman–Crippen MR) is 91.5 cm³/mol. The van der Waals surface area contributed by atoms with Gasteiger partial charge in [-0.25, -0.2) is 0 Å². The molecule has 1 aliphatic rings. The smallest absolute Gasteiger partial charge is 0.0329 e. The monoisotopic (exact) mass is 288 g/mol. The Kier molecular flexibility index (Phi) is 6.72.